The molecule has 0 atom stereocenters. The van der Waals surface area contributed by atoms with Gasteiger partial charge in [-0.05, 0) is 5.92 Å². The van der Waals surface area contributed by atoms with Crippen LogP contribution < -0.4 is 11.3 Å². The lowest BCUT2D eigenvalue weighted by atomic mass is 10.1. The van der Waals surface area contributed by atoms with Crippen LogP contribution in [0.1, 0.15) is 39.2 Å². The van der Waals surface area contributed by atoms with Crippen LogP contribution in [0, 0.1) is 0 Å². The first-order valence-corrected chi connectivity index (χ1v) is 5.92. The molecule has 5 heteroatoms. The Morgan fingerprint density at radius 2 is 1.93 bits per heavy atom. The Morgan fingerprint density at radius 3 is 2.40 bits per heavy atom. The summed E-state index contributed by atoms with van der Waals surface area (Å²) in [7, 11) is 0. The normalized spacial score (nSPS) is 11.1. The first-order valence-electron chi connectivity index (χ1n) is 5.04. The van der Waals surface area contributed by atoms with E-state index in [2.05, 4.69) is 43.1 Å². The molecule has 0 amide bonds. The second kappa shape index (κ2) is 5.32. The van der Waals surface area contributed by atoms with Crippen molar-refractivity contribution < 1.29 is 0 Å². The Morgan fingerprint density at radius 1 is 1.27 bits per heavy atom. The van der Waals surface area contributed by atoms with Crippen LogP contribution in [0.5, 0.6) is 0 Å². The van der Waals surface area contributed by atoms with Gasteiger partial charge < -0.3 is 5.43 Å². The average molecular weight is 226 g/mol. The van der Waals surface area contributed by atoms with E-state index in [1.54, 1.807) is 18.1 Å². The molecule has 3 N–H and O–H groups in total. The molecule has 0 fully saturated rings. The molecular weight excluding hydrogens is 208 g/mol. The zero-order chi connectivity index (χ0) is 11.4. The van der Waals surface area contributed by atoms with Crippen molar-refractivity contribution in [2.75, 3.05) is 5.43 Å². The highest BCUT2D eigenvalue weighted by Crippen LogP contribution is 2.32. The Kier molecular flexibility index (Phi) is 4.35. The second-order valence-corrected chi connectivity index (χ2v) is 5.47. The van der Waals surface area contributed by atoms with E-state index < -0.39 is 0 Å². The fourth-order valence-electron chi connectivity index (χ4n) is 1.33. The van der Waals surface area contributed by atoms with E-state index in [9.17, 15) is 0 Å². The van der Waals surface area contributed by atoms with Crippen LogP contribution in [-0.4, -0.2) is 15.2 Å². The monoisotopic (exact) mass is 226 g/mol. The Bertz CT molecular complexity index is 325. The zero-order valence-corrected chi connectivity index (χ0v) is 10.4. The first kappa shape index (κ1) is 12.3. The second-order valence-electron chi connectivity index (χ2n) is 3.91. The summed E-state index contributed by atoms with van der Waals surface area (Å²) < 4.78 is 0. The van der Waals surface area contributed by atoms with Crippen LogP contribution in [0.25, 0.3) is 0 Å². The van der Waals surface area contributed by atoms with Crippen LogP contribution >= 0.6 is 11.8 Å². The van der Waals surface area contributed by atoms with Crippen LogP contribution in [-0.2, 0) is 0 Å². The molecule has 0 saturated carbocycles. The molecule has 1 rings (SSSR count). The van der Waals surface area contributed by atoms with Gasteiger partial charge >= 0.3 is 0 Å². The van der Waals surface area contributed by atoms with Crippen molar-refractivity contribution in [3.63, 3.8) is 0 Å². The molecule has 1 aromatic heterocycles. The topological polar surface area (TPSA) is 63.8 Å². The van der Waals surface area contributed by atoms with E-state index in [-0.39, 0.29) is 0 Å². The molecule has 84 valence electrons. The third-order valence-corrected chi connectivity index (χ3v) is 2.93. The van der Waals surface area contributed by atoms with E-state index >= 15 is 0 Å². The van der Waals surface area contributed by atoms with Gasteiger partial charge in [0.2, 0.25) is 0 Å². The number of aromatic nitrogens is 2. The van der Waals surface area contributed by atoms with Gasteiger partial charge in [-0.25, -0.2) is 15.8 Å². The number of hydrazine groups is 1. The van der Waals surface area contributed by atoms with Gasteiger partial charge in [-0.3, -0.25) is 0 Å². The number of nitrogen functional groups attached to an aromatic ring is 1. The molecule has 0 radical (unpaired) electrons. The van der Waals surface area contributed by atoms with Crippen LogP contribution in [0.2, 0.25) is 0 Å². The fraction of sp³-hybridized carbons (Fsp3) is 0.600. The van der Waals surface area contributed by atoms with E-state index in [1.165, 1.54) is 0 Å². The van der Waals surface area contributed by atoms with Crippen molar-refractivity contribution >= 4 is 17.6 Å². The van der Waals surface area contributed by atoms with Crippen molar-refractivity contribution in [2.24, 2.45) is 5.84 Å². The molecule has 0 aliphatic carbocycles. The van der Waals surface area contributed by atoms with Gasteiger partial charge in [-0.2, -0.15) is 0 Å². The van der Waals surface area contributed by atoms with Crippen LogP contribution in [0.4, 0.5) is 5.82 Å². The maximum atomic E-state index is 5.44. The van der Waals surface area contributed by atoms with E-state index in [0.717, 1.165) is 16.4 Å². The van der Waals surface area contributed by atoms with Gasteiger partial charge in [0.15, 0.2) is 0 Å². The minimum absolute atomic E-state index is 0.360. The summed E-state index contributed by atoms with van der Waals surface area (Å²) in [5, 5.41) is 1.52. The van der Waals surface area contributed by atoms with Crippen molar-refractivity contribution in [3.05, 3.63) is 11.9 Å². The Labute approximate surface area is 95.0 Å². The average Bonchev–Trinajstić information content (AvgIpc) is 2.15. The van der Waals surface area contributed by atoms with Gasteiger partial charge in [0.05, 0.1) is 0 Å². The number of nitrogens with one attached hydrogen (secondary N) is 1. The SMILES string of the molecule is CC(C)Sc1ncnc(NN)c1C(C)C. The number of hydrogen-bond donors (Lipinski definition) is 2. The molecule has 0 saturated heterocycles. The minimum atomic E-state index is 0.360. The Balaban J connectivity index is 3.13. The molecule has 0 aromatic carbocycles. The zero-order valence-electron chi connectivity index (χ0n) is 9.61. The number of anilines is 1. The van der Waals surface area contributed by atoms with E-state index in [1.807, 2.05) is 0 Å². The minimum Gasteiger partial charge on any atom is -0.308 e. The number of nitrogens with two attached hydrogens (primary N) is 1. The lowest BCUT2D eigenvalue weighted by molar-refractivity contribution is 0.802. The first-order chi connectivity index (χ1) is 7.06. The highest BCUT2D eigenvalue weighted by Gasteiger charge is 2.15. The molecule has 0 bridgehead atoms. The largest absolute Gasteiger partial charge is 0.308 e. The standard InChI is InChI=1S/C10H18N4S/c1-6(2)8-9(14-11)12-5-13-10(8)15-7(3)4/h5-7H,11H2,1-4H3,(H,12,13,14). The maximum absolute atomic E-state index is 5.44. The molecule has 0 spiro atoms. The molecule has 15 heavy (non-hydrogen) atoms. The van der Waals surface area contributed by atoms with Crippen molar-refractivity contribution in [1.29, 1.82) is 0 Å². The summed E-state index contributed by atoms with van der Waals surface area (Å²) in [5.41, 5.74) is 3.72. The molecule has 0 aliphatic rings. The van der Waals surface area contributed by atoms with E-state index in [4.69, 9.17) is 5.84 Å². The van der Waals surface area contributed by atoms with Gasteiger partial charge in [0, 0.05) is 10.8 Å². The van der Waals surface area contributed by atoms with Gasteiger partial charge in [-0.15, -0.1) is 11.8 Å². The summed E-state index contributed by atoms with van der Waals surface area (Å²) in [6, 6.07) is 0. The fourth-order valence-corrected chi connectivity index (χ4v) is 2.35. The summed E-state index contributed by atoms with van der Waals surface area (Å²) in [4.78, 5) is 8.43. The molecule has 4 nitrogen and oxygen atoms in total. The van der Waals surface area contributed by atoms with Crippen molar-refractivity contribution in [1.82, 2.24) is 9.97 Å². The highest BCUT2D eigenvalue weighted by molar-refractivity contribution is 7.99. The third-order valence-electron chi connectivity index (χ3n) is 1.91. The van der Waals surface area contributed by atoms with Crippen LogP contribution in [0.15, 0.2) is 11.4 Å². The molecule has 0 aliphatic heterocycles. The molecule has 0 unspecified atom stereocenters. The number of rotatable bonds is 4. The van der Waals surface area contributed by atoms with Crippen molar-refractivity contribution in [3.8, 4) is 0 Å². The highest BCUT2D eigenvalue weighted by atomic mass is 32.2. The summed E-state index contributed by atoms with van der Waals surface area (Å²) in [6.07, 6.45) is 1.55. The number of hydrogen-bond acceptors (Lipinski definition) is 5. The molecular formula is C10H18N4S. The van der Waals surface area contributed by atoms with Gasteiger partial charge in [0.25, 0.3) is 0 Å². The van der Waals surface area contributed by atoms with E-state index in [0.29, 0.717) is 11.2 Å². The summed E-state index contributed by atoms with van der Waals surface area (Å²) >= 11 is 1.74. The maximum Gasteiger partial charge on any atom is 0.147 e. The predicted octanol–water partition coefficient (Wildman–Crippen LogP) is 2.39. The number of thioether (sulfide) groups is 1. The summed E-state index contributed by atoms with van der Waals surface area (Å²) in [5.74, 6) is 6.52. The van der Waals surface area contributed by atoms with Crippen LogP contribution in [0.3, 0.4) is 0 Å². The van der Waals surface area contributed by atoms with Gasteiger partial charge in [0.1, 0.15) is 17.2 Å². The van der Waals surface area contributed by atoms with Crippen molar-refractivity contribution in [2.45, 2.75) is 43.9 Å². The quantitative estimate of drug-likeness (QED) is 0.357. The smallest absolute Gasteiger partial charge is 0.147 e. The van der Waals surface area contributed by atoms with Gasteiger partial charge in [-0.1, -0.05) is 27.7 Å². The lowest BCUT2D eigenvalue weighted by Crippen LogP contribution is -2.13. The third kappa shape index (κ3) is 3.07. The Hall–Kier alpha value is -0.810. The number of nitrogens with zero attached hydrogens (tertiary/aromatic N) is 2. The predicted molar refractivity (Wildman–Crippen MR) is 64.9 cm³/mol. The molecule has 1 heterocycles. The summed E-state index contributed by atoms with van der Waals surface area (Å²) in [6.45, 7) is 8.52. The molecule has 1 aromatic rings. The lowest BCUT2D eigenvalue weighted by Gasteiger charge is -2.15.